The summed E-state index contributed by atoms with van der Waals surface area (Å²) in [6.07, 6.45) is 1.75. The van der Waals surface area contributed by atoms with E-state index in [1.807, 2.05) is 67.6 Å². The van der Waals surface area contributed by atoms with Gasteiger partial charge in [0.1, 0.15) is 11.5 Å². The van der Waals surface area contributed by atoms with E-state index < -0.39 is 0 Å². The summed E-state index contributed by atoms with van der Waals surface area (Å²) in [7, 11) is 0. The normalized spacial score (nSPS) is 10.8. The minimum absolute atomic E-state index is 0.159. The van der Waals surface area contributed by atoms with Crippen LogP contribution in [0.5, 0.6) is 23.0 Å². The minimum Gasteiger partial charge on any atom is -0.504 e. The number of aliphatic imine (C=N–C) groups is 1. The van der Waals surface area contributed by atoms with E-state index in [1.165, 1.54) is 0 Å². The van der Waals surface area contributed by atoms with E-state index >= 15 is 0 Å². The summed E-state index contributed by atoms with van der Waals surface area (Å²) in [6.45, 7) is 2.37. The van der Waals surface area contributed by atoms with Gasteiger partial charge >= 0.3 is 0 Å². The minimum atomic E-state index is 0.159. The highest BCUT2D eigenvalue weighted by Gasteiger charge is 2.08. The van der Waals surface area contributed by atoms with Gasteiger partial charge in [-0.3, -0.25) is 4.99 Å². The van der Waals surface area contributed by atoms with Gasteiger partial charge < -0.3 is 14.6 Å². The second kappa shape index (κ2) is 8.71. The van der Waals surface area contributed by atoms with Crippen molar-refractivity contribution in [3.05, 3.63) is 75.9 Å². The van der Waals surface area contributed by atoms with E-state index in [-0.39, 0.29) is 5.75 Å². The van der Waals surface area contributed by atoms with Crippen molar-refractivity contribution in [3.8, 4) is 23.0 Å². The molecule has 0 bridgehead atoms. The summed E-state index contributed by atoms with van der Waals surface area (Å²) in [5, 5.41) is 10.00. The summed E-state index contributed by atoms with van der Waals surface area (Å²) < 4.78 is 11.9. The van der Waals surface area contributed by atoms with Crippen LogP contribution in [0.3, 0.4) is 0 Å². The maximum Gasteiger partial charge on any atom is 0.171 e. The molecule has 3 rings (SSSR count). The van der Waals surface area contributed by atoms with Gasteiger partial charge in [0.2, 0.25) is 0 Å². The van der Waals surface area contributed by atoms with E-state index in [4.69, 9.17) is 9.47 Å². The second-order valence-electron chi connectivity index (χ2n) is 5.45. The molecule has 0 heterocycles. The number of ether oxygens (including phenoxy) is 2. The molecule has 4 nitrogen and oxygen atoms in total. The maximum atomic E-state index is 10.00. The summed E-state index contributed by atoms with van der Waals surface area (Å²) in [4.78, 5) is 4.48. The number of aromatic hydroxyl groups is 1. The quantitative estimate of drug-likeness (QED) is 0.367. The predicted octanol–water partition coefficient (Wildman–Crippen LogP) is 5.94. The number of rotatable bonds is 6. The van der Waals surface area contributed by atoms with Crippen molar-refractivity contribution in [1.82, 2.24) is 0 Å². The van der Waals surface area contributed by atoms with Gasteiger partial charge in [-0.2, -0.15) is 0 Å². The Morgan fingerprint density at radius 3 is 2.38 bits per heavy atom. The van der Waals surface area contributed by atoms with Crippen molar-refractivity contribution in [1.29, 1.82) is 0 Å². The summed E-state index contributed by atoms with van der Waals surface area (Å²) in [5.41, 5.74) is 1.67. The standard InChI is InChI=1S/C21H18INO3/c1-2-25-20-13-15(12-19(22)21(20)24)14-23-16-8-10-18(11-9-16)26-17-6-4-3-5-7-17/h3-14,24H,2H2,1H3. The third-order valence-electron chi connectivity index (χ3n) is 3.53. The number of benzene rings is 3. The predicted molar refractivity (Wildman–Crippen MR) is 112 cm³/mol. The first-order valence-electron chi connectivity index (χ1n) is 8.18. The third kappa shape index (κ3) is 4.76. The van der Waals surface area contributed by atoms with Gasteiger partial charge in [0.15, 0.2) is 11.5 Å². The highest BCUT2D eigenvalue weighted by atomic mass is 127. The molecule has 0 atom stereocenters. The number of phenols is 1. The van der Waals surface area contributed by atoms with Crippen molar-refractivity contribution >= 4 is 34.5 Å². The van der Waals surface area contributed by atoms with Crippen molar-refractivity contribution < 1.29 is 14.6 Å². The Kier molecular flexibility index (Phi) is 6.12. The van der Waals surface area contributed by atoms with Crippen LogP contribution < -0.4 is 9.47 Å². The lowest BCUT2D eigenvalue weighted by Crippen LogP contribution is -1.95. The van der Waals surface area contributed by atoms with Gasteiger partial charge in [0, 0.05) is 6.21 Å². The Hall–Kier alpha value is -2.54. The molecule has 0 radical (unpaired) electrons. The first-order chi connectivity index (χ1) is 12.7. The van der Waals surface area contributed by atoms with E-state index in [0.29, 0.717) is 12.4 Å². The lowest BCUT2D eigenvalue weighted by molar-refractivity contribution is 0.317. The van der Waals surface area contributed by atoms with Crippen molar-refractivity contribution in [3.63, 3.8) is 0 Å². The molecule has 5 heteroatoms. The molecule has 3 aromatic carbocycles. The molecule has 0 saturated carbocycles. The van der Waals surface area contributed by atoms with Gasteiger partial charge in [0.25, 0.3) is 0 Å². The fourth-order valence-electron chi connectivity index (χ4n) is 2.31. The number of para-hydroxylation sites is 1. The lowest BCUT2D eigenvalue weighted by Gasteiger charge is -2.08. The molecular weight excluding hydrogens is 441 g/mol. The Balaban J connectivity index is 1.72. The fraction of sp³-hybridized carbons (Fsp3) is 0.0952. The molecular formula is C21H18INO3. The maximum absolute atomic E-state index is 10.00. The van der Waals surface area contributed by atoms with Gasteiger partial charge in [0.05, 0.1) is 15.9 Å². The molecule has 1 N–H and O–H groups in total. The first-order valence-corrected chi connectivity index (χ1v) is 9.26. The number of hydrogen-bond acceptors (Lipinski definition) is 4. The number of nitrogens with zero attached hydrogens (tertiary/aromatic N) is 1. The third-order valence-corrected chi connectivity index (χ3v) is 4.35. The highest BCUT2D eigenvalue weighted by Crippen LogP contribution is 2.32. The molecule has 0 aliphatic heterocycles. The Morgan fingerprint density at radius 1 is 1.00 bits per heavy atom. The van der Waals surface area contributed by atoms with Crippen LogP contribution in [0.1, 0.15) is 12.5 Å². The Labute approximate surface area is 166 Å². The first kappa shape index (κ1) is 18.3. The van der Waals surface area contributed by atoms with Crippen molar-refractivity contribution in [2.45, 2.75) is 6.92 Å². The average Bonchev–Trinajstić information content (AvgIpc) is 2.66. The number of halogens is 1. The van der Waals surface area contributed by atoms with Crippen LogP contribution in [0.25, 0.3) is 0 Å². The molecule has 0 saturated heterocycles. The van der Waals surface area contributed by atoms with Crippen LogP contribution in [-0.4, -0.2) is 17.9 Å². The molecule has 0 amide bonds. The summed E-state index contributed by atoms with van der Waals surface area (Å²) >= 11 is 2.08. The van der Waals surface area contributed by atoms with Gasteiger partial charge in [-0.1, -0.05) is 18.2 Å². The van der Waals surface area contributed by atoms with Gasteiger partial charge in [-0.05, 0) is 83.6 Å². The van der Waals surface area contributed by atoms with E-state index in [1.54, 1.807) is 12.3 Å². The topological polar surface area (TPSA) is 51.0 Å². The van der Waals surface area contributed by atoms with Crippen LogP contribution >= 0.6 is 22.6 Å². The van der Waals surface area contributed by atoms with Gasteiger partial charge in [-0.25, -0.2) is 0 Å². The molecule has 0 aromatic heterocycles. The van der Waals surface area contributed by atoms with Crippen LogP contribution in [0.15, 0.2) is 71.7 Å². The monoisotopic (exact) mass is 459 g/mol. The van der Waals surface area contributed by atoms with Crippen molar-refractivity contribution in [2.75, 3.05) is 6.61 Å². The molecule has 3 aromatic rings. The number of phenolic OH excluding ortho intramolecular Hbond substituents is 1. The molecule has 0 aliphatic rings. The molecule has 132 valence electrons. The fourth-order valence-corrected chi connectivity index (χ4v) is 2.93. The zero-order chi connectivity index (χ0) is 18.4. The lowest BCUT2D eigenvalue weighted by atomic mass is 10.2. The number of hydrogen-bond donors (Lipinski definition) is 1. The van der Waals surface area contributed by atoms with Crippen LogP contribution in [-0.2, 0) is 0 Å². The van der Waals surface area contributed by atoms with Crippen LogP contribution in [0.4, 0.5) is 5.69 Å². The van der Waals surface area contributed by atoms with Crippen LogP contribution in [0, 0.1) is 3.57 Å². The van der Waals surface area contributed by atoms with Gasteiger partial charge in [-0.15, -0.1) is 0 Å². The molecule has 0 spiro atoms. The van der Waals surface area contributed by atoms with E-state index in [2.05, 4.69) is 27.6 Å². The Bertz CT molecular complexity index is 893. The molecule has 0 aliphatic carbocycles. The second-order valence-corrected chi connectivity index (χ2v) is 6.61. The average molecular weight is 459 g/mol. The SMILES string of the molecule is CCOc1cc(C=Nc2ccc(Oc3ccccc3)cc2)cc(I)c1O. The van der Waals surface area contributed by atoms with E-state index in [0.717, 1.165) is 26.3 Å². The largest absolute Gasteiger partial charge is 0.504 e. The molecule has 0 fully saturated rings. The van der Waals surface area contributed by atoms with Crippen LogP contribution in [0.2, 0.25) is 0 Å². The highest BCUT2D eigenvalue weighted by molar-refractivity contribution is 14.1. The summed E-state index contributed by atoms with van der Waals surface area (Å²) in [5.74, 6) is 2.18. The van der Waals surface area contributed by atoms with Crippen molar-refractivity contribution in [2.24, 2.45) is 4.99 Å². The zero-order valence-electron chi connectivity index (χ0n) is 14.2. The Morgan fingerprint density at radius 2 is 1.69 bits per heavy atom. The van der Waals surface area contributed by atoms with E-state index in [9.17, 15) is 5.11 Å². The molecule has 0 unspecified atom stereocenters. The summed E-state index contributed by atoms with van der Waals surface area (Å²) in [6, 6.07) is 20.8. The molecule has 26 heavy (non-hydrogen) atoms. The smallest absolute Gasteiger partial charge is 0.171 e. The zero-order valence-corrected chi connectivity index (χ0v) is 16.4.